The van der Waals surface area contributed by atoms with Gasteiger partial charge in [0.1, 0.15) is 16.7 Å². The van der Waals surface area contributed by atoms with E-state index in [-0.39, 0.29) is 23.5 Å². The van der Waals surface area contributed by atoms with Crippen LogP contribution in [0.1, 0.15) is 19.8 Å². The molecule has 2 aliphatic heterocycles. The summed E-state index contributed by atoms with van der Waals surface area (Å²) in [6.45, 7) is 6.49. The van der Waals surface area contributed by atoms with Gasteiger partial charge in [0, 0.05) is 51.0 Å². The molecule has 0 saturated carbocycles. The topological polar surface area (TPSA) is 88.1 Å². The fraction of sp³-hybridized carbons (Fsp3) is 0.520. The highest BCUT2D eigenvalue weighted by molar-refractivity contribution is 7.99. The Kier molecular flexibility index (Phi) is 9.14. The van der Waals surface area contributed by atoms with Crippen molar-refractivity contribution in [2.45, 2.75) is 24.9 Å². The fourth-order valence-electron chi connectivity index (χ4n) is 4.47. The summed E-state index contributed by atoms with van der Waals surface area (Å²) in [5.41, 5.74) is 1.16. The summed E-state index contributed by atoms with van der Waals surface area (Å²) < 4.78 is 10.4. The smallest absolute Gasteiger partial charge is 0.310 e. The van der Waals surface area contributed by atoms with E-state index in [4.69, 9.17) is 21.1 Å². The molecule has 0 spiro atoms. The lowest BCUT2D eigenvalue weighted by Crippen LogP contribution is -2.46. The van der Waals surface area contributed by atoms with Crippen molar-refractivity contribution in [2.24, 2.45) is 5.92 Å². The van der Waals surface area contributed by atoms with Gasteiger partial charge in [0.05, 0.1) is 25.4 Å². The van der Waals surface area contributed by atoms with E-state index in [9.17, 15) is 9.59 Å². The number of amides is 1. The maximum Gasteiger partial charge on any atom is 0.310 e. The quantitative estimate of drug-likeness (QED) is 0.219. The Morgan fingerprint density at radius 1 is 1.08 bits per heavy atom. The van der Waals surface area contributed by atoms with Crippen LogP contribution in [0.5, 0.6) is 5.75 Å². The second kappa shape index (κ2) is 12.5. The van der Waals surface area contributed by atoms with Crippen molar-refractivity contribution in [2.75, 3.05) is 68.5 Å². The first-order valence-corrected chi connectivity index (χ1v) is 13.6. The van der Waals surface area contributed by atoms with E-state index >= 15 is 0 Å². The van der Waals surface area contributed by atoms with Crippen molar-refractivity contribution in [1.29, 1.82) is 0 Å². The molecular weight excluding hydrogens is 502 g/mol. The van der Waals surface area contributed by atoms with Crippen LogP contribution in [0.4, 0.5) is 11.5 Å². The number of hydrogen-bond acceptors (Lipinski definition) is 9. The number of thioether (sulfide) groups is 1. The number of anilines is 2. The Hall–Kier alpha value is -2.72. The van der Waals surface area contributed by atoms with Gasteiger partial charge in [0.15, 0.2) is 5.16 Å². The first-order chi connectivity index (χ1) is 17.5. The van der Waals surface area contributed by atoms with Gasteiger partial charge in [-0.1, -0.05) is 23.4 Å². The number of carbonyl (C=O) groups excluding carboxylic acids is 2. The highest BCUT2D eigenvalue weighted by Crippen LogP contribution is 2.26. The fourth-order valence-corrected chi connectivity index (χ4v) is 5.46. The number of carbonyl (C=O) groups is 2. The van der Waals surface area contributed by atoms with E-state index in [0.717, 1.165) is 56.3 Å². The summed E-state index contributed by atoms with van der Waals surface area (Å²) in [5, 5.41) is 0.829. The number of piperidine rings is 1. The molecule has 0 aliphatic carbocycles. The summed E-state index contributed by atoms with van der Waals surface area (Å²) >= 11 is 7.58. The Labute approximate surface area is 221 Å². The van der Waals surface area contributed by atoms with Crippen LogP contribution in [0.15, 0.2) is 35.5 Å². The molecule has 1 aromatic carbocycles. The first-order valence-electron chi connectivity index (χ1n) is 12.2. The minimum absolute atomic E-state index is 0.0350. The third-order valence-corrected chi connectivity index (χ3v) is 7.45. The second-order valence-corrected chi connectivity index (χ2v) is 10.1. The van der Waals surface area contributed by atoms with Gasteiger partial charge in [-0.05, 0) is 44.0 Å². The van der Waals surface area contributed by atoms with E-state index in [0.29, 0.717) is 30.0 Å². The van der Waals surface area contributed by atoms with E-state index < -0.39 is 0 Å². The van der Waals surface area contributed by atoms with E-state index in [1.54, 1.807) is 25.0 Å². The molecular formula is C25H32ClN5O4S. The number of nitrogens with zero attached hydrogens (tertiary/aromatic N) is 5. The Bertz CT molecular complexity index is 1050. The van der Waals surface area contributed by atoms with E-state index in [1.165, 1.54) is 11.8 Å². The minimum atomic E-state index is -0.252. The molecule has 1 unspecified atom stereocenters. The average Bonchev–Trinajstić information content (AvgIpc) is 2.92. The Balaban J connectivity index is 1.31. The molecule has 1 aromatic heterocycles. The number of rotatable bonds is 8. The van der Waals surface area contributed by atoms with Crippen LogP contribution >= 0.6 is 23.4 Å². The zero-order valence-corrected chi connectivity index (χ0v) is 22.3. The molecule has 9 nitrogen and oxygen atoms in total. The van der Waals surface area contributed by atoms with Crippen molar-refractivity contribution in [3.8, 4) is 5.75 Å². The number of hydrogen-bond donors (Lipinski definition) is 0. The van der Waals surface area contributed by atoms with Crippen LogP contribution in [0.3, 0.4) is 0 Å². The van der Waals surface area contributed by atoms with Crippen LogP contribution in [-0.4, -0.2) is 85.5 Å². The highest BCUT2D eigenvalue weighted by Gasteiger charge is 2.29. The van der Waals surface area contributed by atoms with Crippen LogP contribution in [-0.2, 0) is 14.3 Å². The number of piperazine rings is 1. The number of benzene rings is 1. The largest absolute Gasteiger partial charge is 0.497 e. The molecule has 194 valence electrons. The number of aromatic nitrogens is 2. The average molecular weight is 534 g/mol. The van der Waals surface area contributed by atoms with Gasteiger partial charge >= 0.3 is 5.97 Å². The molecule has 2 aliphatic rings. The maximum atomic E-state index is 12.8. The molecule has 0 radical (unpaired) electrons. The van der Waals surface area contributed by atoms with Gasteiger partial charge < -0.3 is 24.2 Å². The summed E-state index contributed by atoms with van der Waals surface area (Å²) in [5.74, 6) is 1.29. The molecule has 2 saturated heterocycles. The zero-order valence-electron chi connectivity index (χ0n) is 20.7. The monoisotopic (exact) mass is 533 g/mol. The van der Waals surface area contributed by atoms with Crippen molar-refractivity contribution < 1.29 is 19.1 Å². The highest BCUT2D eigenvalue weighted by atomic mass is 35.5. The van der Waals surface area contributed by atoms with Crippen molar-refractivity contribution in [3.05, 3.63) is 35.5 Å². The summed E-state index contributed by atoms with van der Waals surface area (Å²) in [6, 6.07) is 9.85. The van der Waals surface area contributed by atoms with Crippen LogP contribution in [0, 0.1) is 5.92 Å². The van der Waals surface area contributed by atoms with E-state index in [2.05, 4.69) is 31.9 Å². The lowest BCUT2D eigenvalue weighted by molar-refractivity contribution is -0.151. The number of likely N-dealkylation sites (tertiary alicyclic amines) is 1. The van der Waals surface area contributed by atoms with Crippen LogP contribution < -0.4 is 14.5 Å². The number of halogens is 1. The molecule has 0 bridgehead atoms. The first kappa shape index (κ1) is 26.3. The van der Waals surface area contributed by atoms with Gasteiger partial charge in [0.25, 0.3) is 0 Å². The van der Waals surface area contributed by atoms with Gasteiger partial charge in [-0.2, -0.15) is 0 Å². The molecule has 0 N–H and O–H groups in total. The minimum Gasteiger partial charge on any atom is -0.497 e. The predicted molar refractivity (Wildman–Crippen MR) is 141 cm³/mol. The lowest BCUT2D eigenvalue weighted by Gasteiger charge is -2.36. The summed E-state index contributed by atoms with van der Waals surface area (Å²) in [7, 11) is 1.66. The molecule has 4 rings (SSSR count). The van der Waals surface area contributed by atoms with Gasteiger partial charge in [-0.25, -0.2) is 9.97 Å². The maximum absolute atomic E-state index is 12.8. The molecule has 1 amide bonds. The molecule has 3 heterocycles. The van der Waals surface area contributed by atoms with Gasteiger partial charge in [0.2, 0.25) is 5.91 Å². The molecule has 11 heteroatoms. The van der Waals surface area contributed by atoms with Crippen molar-refractivity contribution >= 4 is 46.7 Å². The van der Waals surface area contributed by atoms with Crippen molar-refractivity contribution in [1.82, 2.24) is 14.9 Å². The van der Waals surface area contributed by atoms with Crippen molar-refractivity contribution in [3.63, 3.8) is 0 Å². The Morgan fingerprint density at radius 3 is 2.50 bits per heavy atom. The standard InChI is InChI=1S/C25H32ClN5O4S/c1-3-35-24(33)18-5-4-10-31(16-18)23(32)17-36-25-27-21(26)15-22(28-25)30-13-11-29(12-14-30)19-6-8-20(34-2)9-7-19/h6-9,15,18H,3-5,10-14,16-17H2,1-2H3. The predicted octanol–water partition coefficient (Wildman–Crippen LogP) is 3.36. The molecule has 2 fully saturated rings. The molecule has 2 aromatic rings. The van der Waals surface area contributed by atoms with Crippen LogP contribution in [0.25, 0.3) is 0 Å². The van der Waals surface area contributed by atoms with Gasteiger partial charge in [-0.3, -0.25) is 9.59 Å². The number of ether oxygens (including phenoxy) is 2. The number of methoxy groups -OCH3 is 1. The normalized spacial score (nSPS) is 18.2. The summed E-state index contributed by atoms with van der Waals surface area (Å²) in [6.07, 6.45) is 1.54. The summed E-state index contributed by atoms with van der Waals surface area (Å²) in [4.78, 5) is 40.2. The SMILES string of the molecule is CCOC(=O)C1CCCN(C(=O)CSc2nc(Cl)cc(N3CCN(c4ccc(OC)cc4)CC3)n2)C1. The second-order valence-electron chi connectivity index (χ2n) is 8.72. The van der Waals surface area contributed by atoms with Gasteiger partial charge in [-0.15, -0.1) is 0 Å². The molecule has 1 atom stereocenters. The van der Waals surface area contributed by atoms with E-state index in [1.807, 2.05) is 12.1 Å². The van der Waals surface area contributed by atoms with Crippen LogP contribution in [0.2, 0.25) is 5.15 Å². The third-order valence-electron chi connectivity index (χ3n) is 6.42. The number of esters is 1. The lowest BCUT2D eigenvalue weighted by atomic mass is 9.98. The zero-order chi connectivity index (χ0) is 25.5. The molecule has 36 heavy (non-hydrogen) atoms. The third kappa shape index (κ3) is 6.73. The Morgan fingerprint density at radius 2 is 1.81 bits per heavy atom.